The Morgan fingerprint density at radius 2 is 2.00 bits per heavy atom. The first-order chi connectivity index (χ1) is 7.08. The van der Waals surface area contributed by atoms with Gasteiger partial charge in [-0.25, -0.2) is 0 Å². The van der Waals surface area contributed by atoms with Crippen LogP contribution < -0.4 is 15.8 Å². The Hall–Kier alpha value is -1.71. The predicted molar refractivity (Wildman–Crippen MR) is 59.9 cm³/mol. The second kappa shape index (κ2) is 5.24. The number of hydrogen-bond donors (Lipinski definition) is 2. The highest BCUT2D eigenvalue weighted by Crippen LogP contribution is 2.15. The van der Waals surface area contributed by atoms with Crippen LogP contribution in [0, 0.1) is 0 Å². The fraction of sp³-hybridized carbons (Fsp3) is 0.364. The first-order valence-electron chi connectivity index (χ1n) is 4.85. The van der Waals surface area contributed by atoms with Crippen molar-refractivity contribution in [3.05, 3.63) is 24.3 Å². The maximum atomic E-state index is 10.5. The molecule has 0 aliphatic heterocycles. The molecule has 0 radical (unpaired) electrons. The molecule has 4 nitrogen and oxygen atoms in total. The van der Waals surface area contributed by atoms with Crippen LogP contribution in [0.4, 0.5) is 5.69 Å². The fourth-order valence-corrected chi connectivity index (χ4v) is 1.14. The third-order valence-electron chi connectivity index (χ3n) is 1.69. The smallest absolute Gasteiger partial charge is 0.255 e. The second-order valence-corrected chi connectivity index (χ2v) is 3.58. The molecule has 1 aromatic carbocycles. The zero-order valence-corrected chi connectivity index (χ0v) is 8.99. The molecule has 0 fully saturated rings. The number of nitrogens with two attached hydrogens (primary N) is 1. The van der Waals surface area contributed by atoms with Crippen molar-refractivity contribution >= 4 is 11.6 Å². The van der Waals surface area contributed by atoms with E-state index in [1.807, 2.05) is 12.1 Å². The third-order valence-corrected chi connectivity index (χ3v) is 1.69. The summed E-state index contributed by atoms with van der Waals surface area (Å²) in [4.78, 5) is 10.5. The summed E-state index contributed by atoms with van der Waals surface area (Å²) in [5.41, 5.74) is 5.98. The maximum absolute atomic E-state index is 10.5. The number of ether oxygens (including phenoxy) is 1. The Bertz CT molecular complexity index is 320. The normalized spacial score (nSPS) is 10.1. The number of hydrogen-bond acceptors (Lipinski definition) is 3. The third kappa shape index (κ3) is 4.35. The summed E-state index contributed by atoms with van der Waals surface area (Å²) in [6.45, 7) is 4.05. The summed E-state index contributed by atoms with van der Waals surface area (Å²) >= 11 is 0. The molecule has 0 saturated carbocycles. The van der Waals surface area contributed by atoms with E-state index in [4.69, 9.17) is 10.5 Å². The number of carbonyl (C=O) groups is 1. The molecule has 1 aromatic rings. The second-order valence-electron chi connectivity index (χ2n) is 3.58. The highest BCUT2D eigenvalue weighted by Gasteiger charge is 1.98. The molecule has 0 aliphatic carbocycles. The summed E-state index contributed by atoms with van der Waals surface area (Å²) < 4.78 is 5.13. The van der Waals surface area contributed by atoms with Crippen molar-refractivity contribution in [3.63, 3.8) is 0 Å². The molecule has 0 aliphatic rings. The van der Waals surface area contributed by atoms with Crippen LogP contribution in [0.3, 0.4) is 0 Å². The number of rotatable bonds is 5. The number of nitrogens with one attached hydrogen (secondary N) is 1. The molecule has 0 heterocycles. The molecule has 0 bridgehead atoms. The molecule has 0 aromatic heterocycles. The lowest BCUT2D eigenvalue weighted by atomic mass is 10.2. The minimum atomic E-state index is -0.473. The van der Waals surface area contributed by atoms with Crippen LogP contribution in [0.5, 0.6) is 5.75 Å². The van der Waals surface area contributed by atoms with E-state index in [2.05, 4.69) is 19.2 Å². The van der Waals surface area contributed by atoms with Crippen molar-refractivity contribution < 1.29 is 9.53 Å². The molecule has 0 atom stereocenters. The van der Waals surface area contributed by atoms with Crippen molar-refractivity contribution in [3.8, 4) is 5.75 Å². The minimum Gasteiger partial charge on any atom is -0.484 e. The van der Waals surface area contributed by atoms with Crippen LogP contribution >= 0.6 is 0 Å². The summed E-state index contributed by atoms with van der Waals surface area (Å²) in [6.07, 6.45) is 0. The molecular weight excluding hydrogens is 192 g/mol. The van der Waals surface area contributed by atoms with Gasteiger partial charge in [0.15, 0.2) is 6.61 Å². The van der Waals surface area contributed by atoms with Gasteiger partial charge < -0.3 is 15.8 Å². The number of anilines is 1. The minimum absolute atomic E-state index is 0.0864. The van der Waals surface area contributed by atoms with E-state index >= 15 is 0 Å². The van der Waals surface area contributed by atoms with Gasteiger partial charge in [0, 0.05) is 11.7 Å². The predicted octanol–water partition coefficient (Wildman–Crippen LogP) is 1.37. The average Bonchev–Trinajstić information content (AvgIpc) is 2.16. The number of primary amides is 1. The van der Waals surface area contributed by atoms with Gasteiger partial charge in [-0.3, -0.25) is 4.79 Å². The van der Waals surface area contributed by atoms with Crippen LogP contribution in [0.2, 0.25) is 0 Å². The Kier molecular flexibility index (Phi) is 3.97. The summed E-state index contributed by atoms with van der Waals surface area (Å²) in [5.74, 6) is 0.169. The zero-order valence-electron chi connectivity index (χ0n) is 8.99. The van der Waals surface area contributed by atoms with Gasteiger partial charge in [0.2, 0.25) is 0 Å². The van der Waals surface area contributed by atoms with Crippen molar-refractivity contribution in [1.82, 2.24) is 0 Å². The highest BCUT2D eigenvalue weighted by atomic mass is 16.5. The molecule has 15 heavy (non-hydrogen) atoms. The van der Waals surface area contributed by atoms with Gasteiger partial charge in [0.1, 0.15) is 5.75 Å². The Morgan fingerprint density at radius 1 is 1.40 bits per heavy atom. The van der Waals surface area contributed by atoms with Crippen LogP contribution in [0.1, 0.15) is 13.8 Å². The van der Waals surface area contributed by atoms with E-state index in [9.17, 15) is 4.79 Å². The number of amides is 1. The maximum Gasteiger partial charge on any atom is 0.255 e. The first kappa shape index (κ1) is 11.4. The molecule has 3 N–H and O–H groups in total. The van der Waals surface area contributed by atoms with Gasteiger partial charge in [0.05, 0.1) is 0 Å². The van der Waals surface area contributed by atoms with Crippen molar-refractivity contribution in [2.24, 2.45) is 5.73 Å². The Labute approximate surface area is 89.4 Å². The molecule has 0 spiro atoms. The van der Waals surface area contributed by atoms with Gasteiger partial charge in [-0.2, -0.15) is 0 Å². The lowest BCUT2D eigenvalue weighted by Crippen LogP contribution is -2.20. The zero-order chi connectivity index (χ0) is 11.3. The van der Waals surface area contributed by atoms with Crippen molar-refractivity contribution in [1.29, 1.82) is 0 Å². The van der Waals surface area contributed by atoms with Crippen LogP contribution in [-0.4, -0.2) is 18.6 Å². The van der Waals surface area contributed by atoms with Gasteiger partial charge in [0.25, 0.3) is 5.91 Å². The first-order valence-corrected chi connectivity index (χ1v) is 4.85. The van der Waals surface area contributed by atoms with E-state index in [-0.39, 0.29) is 6.61 Å². The molecule has 1 rings (SSSR count). The van der Waals surface area contributed by atoms with Crippen molar-refractivity contribution in [2.45, 2.75) is 19.9 Å². The molecule has 0 unspecified atom stereocenters. The lowest BCUT2D eigenvalue weighted by molar-refractivity contribution is -0.119. The van der Waals surface area contributed by atoms with Gasteiger partial charge in [-0.15, -0.1) is 0 Å². The van der Waals surface area contributed by atoms with Crippen LogP contribution in [0.25, 0.3) is 0 Å². The Morgan fingerprint density at radius 3 is 2.47 bits per heavy atom. The molecular formula is C11H16N2O2. The topological polar surface area (TPSA) is 64.3 Å². The lowest BCUT2D eigenvalue weighted by Gasteiger charge is -2.10. The summed E-state index contributed by atoms with van der Waals surface area (Å²) in [6, 6.07) is 7.79. The number of carbonyl (C=O) groups excluding carboxylic acids is 1. The highest BCUT2D eigenvalue weighted by molar-refractivity contribution is 5.75. The SMILES string of the molecule is CC(C)Nc1ccc(OCC(N)=O)cc1. The van der Waals surface area contributed by atoms with Gasteiger partial charge >= 0.3 is 0 Å². The quantitative estimate of drug-likeness (QED) is 0.768. The van der Waals surface area contributed by atoms with E-state index in [1.165, 1.54) is 0 Å². The average molecular weight is 208 g/mol. The van der Waals surface area contributed by atoms with E-state index in [0.717, 1.165) is 5.69 Å². The summed E-state index contributed by atoms with van der Waals surface area (Å²) in [7, 11) is 0. The Balaban J connectivity index is 2.52. The fourth-order valence-electron chi connectivity index (χ4n) is 1.14. The van der Waals surface area contributed by atoms with E-state index in [1.54, 1.807) is 12.1 Å². The van der Waals surface area contributed by atoms with Gasteiger partial charge in [-0.05, 0) is 38.1 Å². The molecule has 4 heteroatoms. The molecule has 82 valence electrons. The monoisotopic (exact) mass is 208 g/mol. The van der Waals surface area contributed by atoms with Crippen molar-refractivity contribution in [2.75, 3.05) is 11.9 Å². The van der Waals surface area contributed by atoms with E-state index < -0.39 is 5.91 Å². The van der Waals surface area contributed by atoms with Crippen LogP contribution in [-0.2, 0) is 4.79 Å². The van der Waals surface area contributed by atoms with E-state index in [0.29, 0.717) is 11.8 Å². The van der Waals surface area contributed by atoms with Crippen LogP contribution in [0.15, 0.2) is 24.3 Å². The molecule has 0 saturated heterocycles. The standard InChI is InChI=1S/C11H16N2O2/c1-8(2)13-9-3-5-10(6-4-9)15-7-11(12)14/h3-6,8,13H,7H2,1-2H3,(H2,12,14). The largest absolute Gasteiger partial charge is 0.484 e. The number of benzene rings is 1. The van der Waals surface area contributed by atoms with Gasteiger partial charge in [-0.1, -0.05) is 0 Å². The summed E-state index contributed by atoms with van der Waals surface area (Å²) in [5, 5.41) is 3.25. The molecule has 1 amide bonds.